The lowest BCUT2D eigenvalue weighted by atomic mass is 9.85. The van der Waals surface area contributed by atoms with Gasteiger partial charge in [-0.3, -0.25) is 28.6 Å². The van der Waals surface area contributed by atoms with Gasteiger partial charge in [-0.2, -0.15) is 0 Å². The summed E-state index contributed by atoms with van der Waals surface area (Å²) < 4.78 is 14.8. The van der Waals surface area contributed by atoms with Crippen molar-refractivity contribution in [3.8, 4) is 40.0 Å². The molecule has 5 aromatic rings. The number of piperidine rings is 1. The molecule has 0 aliphatic carbocycles. The van der Waals surface area contributed by atoms with Crippen LogP contribution in [0.25, 0.3) is 33.7 Å². The first kappa shape index (κ1) is 51.7. The molecule has 1 unspecified atom stereocenters. The fourth-order valence-corrected chi connectivity index (χ4v) is 10.3. The Hall–Kier alpha value is -7.60. The van der Waals surface area contributed by atoms with E-state index in [9.17, 15) is 39.3 Å². The van der Waals surface area contributed by atoms with E-state index in [0.717, 1.165) is 22.1 Å². The third kappa shape index (κ3) is 10.1. The van der Waals surface area contributed by atoms with Crippen molar-refractivity contribution in [3.63, 3.8) is 0 Å². The lowest BCUT2D eigenvalue weighted by molar-refractivity contribution is -0.189. The summed E-state index contributed by atoms with van der Waals surface area (Å²) >= 11 is 0. The number of hydrogen-bond acceptors (Lipinski definition) is 14. The molecule has 0 radical (unpaired) electrons. The Morgan fingerprint density at radius 1 is 1.03 bits per heavy atom. The second kappa shape index (κ2) is 21.6. The number of ether oxygens (including phenoxy) is 2. The van der Waals surface area contributed by atoms with E-state index in [1.165, 1.54) is 11.0 Å². The largest absolute Gasteiger partial charge is 0.508 e. The third-order valence-electron chi connectivity index (χ3n) is 14.2. The highest BCUT2D eigenvalue weighted by Gasteiger charge is 2.50. The molecule has 18 heteroatoms. The average Bonchev–Trinajstić information content (AvgIpc) is 3.96. The molecule has 3 aliphatic rings. The predicted molar refractivity (Wildman–Crippen MR) is 274 cm³/mol. The second-order valence-corrected chi connectivity index (χ2v) is 19.2. The number of rotatable bonds is 18. The minimum absolute atomic E-state index is 0.00593. The van der Waals surface area contributed by atoms with Crippen molar-refractivity contribution in [2.75, 3.05) is 39.8 Å². The molecule has 0 bridgehead atoms. The molecular weight excluding hydrogens is 933 g/mol. The van der Waals surface area contributed by atoms with Gasteiger partial charge < -0.3 is 39.6 Å². The van der Waals surface area contributed by atoms with Crippen LogP contribution in [0.2, 0.25) is 0 Å². The van der Waals surface area contributed by atoms with E-state index >= 15 is 0 Å². The minimum Gasteiger partial charge on any atom is -0.508 e. The first-order valence-electron chi connectivity index (χ1n) is 25.1. The Balaban J connectivity index is 0.902. The predicted octanol–water partition coefficient (Wildman–Crippen LogP) is 6.76. The average molecular weight is 997 g/mol. The van der Waals surface area contributed by atoms with Crippen LogP contribution in [0, 0.1) is 5.92 Å². The quantitative estimate of drug-likeness (QED) is 0.0396. The molecule has 1 atom stereocenters. The fourth-order valence-electron chi connectivity index (χ4n) is 10.3. The number of allylic oxidation sites excluding steroid dienone is 3. The molecule has 2 amide bonds. The number of cyclic esters (lactones) is 1. The van der Waals surface area contributed by atoms with Gasteiger partial charge in [0.25, 0.3) is 11.5 Å². The summed E-state index contributed by atoms with van der Waals surface area (Å²) in [5.74, 6) is -2.10. The van der Waals surface area contributed by atoms with E-state index in [4.69, 9.17) is 14.5 Å². The van der Waals surface area contributed by atoms with Crippen LogP contribution in [-0.2, 0) is 55.6 Å². The number of fused-ring (bicyclic) bond motifs is 5. The number of phenolic OH excluding ortho intramolecular Hbond substituents is 3. The van der Waals surface area contributed by atoms with Crippen molar-refractivity contribution in [2.45, 2.75) is 104 Å². The van der Waals surface area contributed by atoms with E-state index in [1.807, 2.05) is 32.9 Å². The Labute approximate surface area is 423 Å². The summed E-state index contributed by atoms with van der Waals surface area (Å²) in [6.45, 7) is 15.7. The van der Waals surface area contributed by atoms with Crippen molar-refractivity contribution in [1.82, 2.24) is 39.4 Å². The molecule has 18 nitrogen and oxygen atoms in total. The van der Waals surface area contributed by atoms with Gasteiger partial charge in [-0.25, -0.2) is 9.78 Å². The van der Waals surface area contributed by atoms with Crippen LogP contribution in [0.1, 0.15) is 111 Å². The van der Waals surface area contributed by atoms with Crippen molar-refractivity contribution >= 4 is 34.7 Å². The van der Waals surface area contributed by atoms with Gasteiger partial charge in [0.15, 0.2) is 5.82 Å². The number of amides is 2. The number of nitrogens with zero attached hydrogens (tertiary/aromatic N) is 7. The van der Waals surface area contributed by atoms with Gasteiger partial charge in [-0.15, -0.1) is 16.8 Å². The van der Waals surface area contributed by atoms with Crippen molar-refractivity contribution in [2.24, 2.45) is 5.92 Å². The van der Waals surface area contributed by atoms with E-state index in [-0.39, 0.29) is 102 Å². The van der Waals surface area contributed by atoms with Crippen LogP contribution in [0.5, 0.6) is 17.2 Å². The molecule has 6 heterocycles. The number of nitrogens with one attached hydrogen (secondary N) is 1. The van der Waals surface area contributed by atoms with E-state index in [0.29, 0.717) is 79.9 Å². The molecule has 1 saturated heterocycles. The second-order valence-electron chi connectivity index (χ2n) is 19.2. The number of carbonyl (C=O) groups excluding carboxylic acids is 4. The summed E-state index contributed by atoms with van der Waals surface area (Å²) in [6, 6.07) is 9.64. The maximum atomic E-state index is 14.2. The van der Waals surface area contributed by atoms with E-state index in [1.54, 1.807) is 66.4 Å². The standard InChI is InChI=1S/C55H64N8O10/c1-8-12-14-33(15-13-21-62-49(58-59-50(62)51(68)56-11-4)39-26-37(32(5)6)45(65)28-46(39)66)29-61-23-18-34(19-24-61)52(69)60(7)22-20-47(67)73-55(10-3)42-27-44-48-40(30-63(44)53(70)41(42)31-72-54(55)71)36(9-2)38-25-35(64)16-17-43(38)57-48/h8,13-17,25-28,32,34,64-66H,1,9-12,18-24,29-31H2,2-7H3,(H,56,68)/b15-13-,33-14+. The van der Waals surface area contributed by atoms with Gasteiger partial charge in [-0.1, -0.05) is 52.0 Å². The van der Waals surface area contributed by atoms with Gasteiger partial charge in [0.2, 0.25) is 17.3 Å². The molecule has 8 rings (SSSR count). The molecule has 1 fully saturated rings. The highest BCUT2D eigenvalue weighted by molar-refractivity contribution is 5.92. The van der Waals surface area contributed by atoms with Crippen LogP contribution in [-0.4, -0.2) is 113 Å². The molecule has 2 aromatic carbocycles. The summed E-state index contributed by atoms with van der Waals surface area (Å²) in [4.78, 5) is 77.2. The monoisotopic (exact) mass is 996 g/mol. The first-order valence-corrected chi connectivity index (χ1v) is 25.1. The molecule has 0 saturated carbocycles. The Morgan fingerprint density at radius 3 is 2.49 bits per heavy atom. The summed E-state index contributed by atoms with van der Waals surface area (Å²) in [5.41, 5.74) is 3.75. The molecule has 4 N–H and O–H groups in total. The maximum absolute atomic E-state index is 14.2. The smallest absolute Gasteiger partial charge is 0.355 e. The number of aromatic nitrogens is 5. The lowest BCUT2D eigenvalue weighted by Gasteiger charge is -2.36. The molecule has 384 valence electrons. The normalized spacial score (nSPS) is 16.9. The molecule has 3 aromatic heterocycles. The van der Waals surface area contributed by atoms with Gasteiger partial charge in [0, 0.05) is 61.7 Å². The van der Waals surface area contributed by atoms with Gasteiger partial charge in [0.05, 0.1) is 41.0 Å². The molecule has 3 aliphatic heterocycles. The maximum Gasteiger partial charge on any atom is 0.355 e. The van der Waals surface area contributed by atoms with Crippen LogP contribution in [0.15, 0.2) is 77.6 Å². The topological polar surface area (TPSA) is 232 Å². The van der Waals surface area contributed by atoms with Crippen molar-refractivity contribution < 1.29 is 44.0 Å². The van der Waals surface area contributed by atoms with Crippen molar-refractivity contribution in [1.29, 1.82) is 0 Å². The first-order chi connectivity index (χ1) is 35.0. The number of esters is 2. The number of phenols is 3. The fraction of sp³-hybridized carbons (Fsp3) is 0.418. The SMILES string of the molecule is C=CC/C=C(\C=C/Cn1c(C(=O)NCC)nnc1-c1cc(C(C)C)c(O)cc1O)CN1CCC(C(=O)N(C)CCC(=O)OC2(CC)C(=O)OCc3c2cc2n(c3=O)Cc3c-2nc2ccc(O)cc2c3CC)CC1. The zero-order chi connectivity index (χ0) is 52.3. The molecule has 0 spiro atoms. The number of aryl methyl sites for hydroxylation is 1. The number of carbonyl (C=O) groups is 4. The zero-order valence-corrected chi connectivity index (χ0v) is 42.4. The van der Waals surface area contributed by atoms with Crippen LogP contribution >= 0.6 is 0 Å². The van der Waals surface area contributed by atoms with Crippen LogP contribution in [0.4, 0.5) is 0 Å². The summed E-state index contributed by atoms with van der Waals surface area (Å²) in [5, 5.41) is 43.7. The minimum atomic E-state index is -1.88. The van der Waals surface area contributed by atoms with Gasteiger partial charge in [0.1, 0.15) is 23.9 Å². The van der Waals surface area contributed by atoms with Crippen LogP contribution < -0.4 is 10.9 Å². The zero-order valence-electron chi connectivity index (χ0n) is 42.4. The van der Waals surface area contributed by atoms with Gasteiger partial charge >= 0.3 is 11.9 Å². The summed E-state index contributed by atoms with van der Waals surface area (Å²) in [6.07, 6.45) is 10.0. The van der Waals surface area contributed by atoms with Crippen LogP contribution in [0.3, 0.4) is 0 Å². The number of hydrogen-bond donors (Lipinski definition) is 4. The highest BCUT2D eigenvalue weighted by Crippen LogP contribution is 2.43. The Bertz CT molecular complexity index is 3130. The highest BCUT2D eigenvalue weighted by atomic mass is 16.6. The van der Waals surface area contributed by atoms with E-state index < -0.39 is 23.4 Å². The Kier molecular flexibility index (Phi) is 15.3. The summed E-state index contributed by atoms with van der Waals surface area (Å²) in [7, 11) is 1.65. The van der Waals surface area contributed by atoms with Crippen molar-refractivity contribution in [3.05, 3.63) is 117 Å². The van der Waals surface area contributed by atoms with Gasteiger partial charge in [-0.05, 0) is 105 Å². The van der Waals surface area contributed by atoms with E-state index in [2.05, 4.69) is 33.1 Å². The third-order valence-corrected chi connectivity index (χ3v) is 14.2. The lowest BCUT2D eigenvalue weighted by Crippen LogP contribution is -2.48. The number of benzene rings is 2. The number of pyridine rings is 2. The number of aromatic hydroxyl groups is 3. The molecular formula is C55H64N8O10. The Morgan fingerprint density at radius 2 is 1.79 bits per heavy atom. The number of likely N-dealkylation sites (tertiary alicyclic amines) is 1. The molecule has 73 heavy (non-hydrogen) atoms.